The number of rotatable bonds is 3. The van der Waals surface area contributed by atoms with Crippen molar-refractivity contribution in [2.24, 2.45) is 0 Å². The topological polar surface area (TPSA) is 26.3 Å². The van der Waals surface area contributed by atoms with E-state index in [1.807, 2.05) is 0 Å². The minimum atomic E-state index is -0.705. The van der Waals surface area contributed by atoms with Crippen LogP contribution < -0.4 is 4.74 Å². The molecule has 0 bridgehead atoms. The molecule has 92 valence electrons. The van der Waals surface area contributed by atoms with Gasteiger partial charge in [-0.1, -0.05) is 6.07 Å². The predicted molar refractivity (Wildman–Crippen MR) is 63.7 cm³/mol. The molecule has 2 rings (SSSR count). The molecule has 0 radical (unpaired) electrons. The quantitative estimate of drug-likeness (QED) is 0.777. The van der Waals surface area contributed by atoms with E-state index in [4.69, 9.17) is 4.74 Å². The number of hydrogen-bond acceptors (Lipinski definition) is 2. The summed E-state index contributed by atoms with van der Waals surface area (Å²) < 4.78 is 32.3. The maximum absolute atomic E-state index is 13.6. The van der Waals surface area contributed by atoms with Crippen molar-refractivity contribution in [1.29, 1.82) is 0 Å². The van der Waals surface area contributed by atoms with Crippen LogP contribution in [0, 0.1) is 11.6 Å². The first-order valence-electron chi connectivity index (χ1n) is 5.25. The number of halogens is 2. The highest BCUT2D eigenvalue weighted by Crippen LogP contribution is 2.30. The van der Waals surface area contributed by atoms with Gasteiger partial charge in [0.1, 0.15) is 17.4 Å². The largest absolute Gasteiger partial charge is 0.497 e. The number of hydrogen-bond donors (Lipinski definition) is 0. The van der Waals surface area contributed by atoms with E-state index in [0.29, 0.717) is 12.0 Å². The van der Waals surface area contributed by atoms with Gasteiger partial charge in [-0.15, -0.1) is 0 Å². The second-order valence-corrected chi connectivity index (χ2v) is 3.67. The predicted octanol–water partition coefficient (Wildman–Crippen LogP) is 3.45. The van der Waals surface area contributed by atoms with E-state index in [1.54, 1.807) is 6.07 Å². The molecule has 0 amide bonds. The molecule has 0 aliphatic rings. The maximum Gasteiger partial charge on any atom is 0.150 e. The Morgan fingerprint density at radius 3 is 2.33 bits per heavy atom. The summed E-state index contributed by atoms with van der Waals surface area (Å²) >= 11 is 0. The molecule has 2 aromatic carbocycles. The lowest BCUT2D eigenvalue weighted by atomic mass is 9.99. The Balaban J connectivity index is 2.67. The molecule has 2 aromatic rings. The zero-order valence-electron chi connectivity index (χ0n) is 9.61. The molecule has 0 spiro atoms. The van der Waals surface area contributed by atoms with Crippen LogP contribution in [-0.2, 0) is 0 Å². The van der Waals surface area contributed by atoms with Crippen LogP contribution in [0.2, 0.25) is 0 Å². The summed E-state index contributed by atoms with van der Waals surface area (Å²) in [5.74, 6) is -0.955. The standard InChI is InChI=1S/C14H10F2O2/c1-18-10-5-6-11(9(7-10)8-17)14-12(15)3-2-4-13(14)16/h2-8H,1H3. The summed E-state index contributed by atoms with van der Waals surface area (Å²) in [6.45, 7) is 0. The van der Waals surface area contributed by atoms with Gasteiger partial charge >= 0.3 is 0 Å². The van der Waals surface area contributed by atoms with E-state index in [-0.39, 0.29) is 16.7 Å². The van der Waals surface area contributed by atoms with Crippen LogP contribution in [0.4, 0.5) is 8.78 Å². The van der Waals surface area contributed by atoms with Gasteiger partial charge in [0.15, 0.2) is 6.29 Å². The van der Waals surface area contributed by atoms with Gasteiger partial charge in [-0.2, -0.15) is 0 Å². The highest BCUT2D eigenvalue weighted by atomic mass is 19.1. The Labute approximate surface area is 103 Å². The lowest BCUT2D eigenvalue weighted by Gasteiger charge is -2.09. The molecule has 4 heteroatoms. The molecule has 0 N–H and O–H groups in total. The van der Waals surface area contributed by atoms with Gasteiger partial charge in [0.25, 0.3) is 0 Å². The van der Waals surface area contributed by atoms with Crippen molar-refractivity contribution in [3.8, 4) is 16.9 Å². The maximum atomic E-state index is 13.6. The highest BCUT2D eigenvalue weighted by molar-refractivity contribution is 5.88. The van der Waals surface area contributed by atoms with Crippen molar-refractivity contribution in [3.05, 3.63) is 53.6 Å². The van der Waals surface area contributed by atoms with Crippen molar-refractivity contribution in [3.63, 3.8) is 0 Å². The van der Waals surface area contributed by atoms with Crippen LogP contribution in [0.3, 0.4) is 0 Å². The van der Waals surface area contributed by atoms with Crippen LogP contribution in [0.5, 0.6) is 5.75 Å². The molecule has 0 unspecified atom stereocenters. The Morgan fingerprint density at radius 2 is 1.78 bits per heavy atom. The summed E-state index contributed by atoms with van der Waals surface area (Å²) in [5.41, 5.74) is 0.182. The van der Waals surface area contributed by atoms with Crippen LogP contribution >= 0.6 is 0 Å². The van der Waals surface area contributed by atoms with Gasteiger partial charge in [0.2, 0.25) is 0 Å². The fraction of sp³-hybridized carbons (Fsp3) is 0.0714. The lowest BCUT2D eigenvalue weighted by molar-refractivity contribution is 0.112. The molecule has 0 saturated heterocycles. The van der Waals surface area contributed by atoms with Crippen LogP contribution in [-0.4, -0.2) is 13.4 Å². The third kappa shape index (κ3) is 2.09. The zero-order valence-corrected chi connectivity index (χ0v) is 9.61. The number of benzene rings is 2. The highest BCUT2D eigenvalue weighted by Gasteiger charge is 2.14. The average Bonchev–Trinajstić information content (AvgIpc) is 2.38. The van der Waals surface area contributed by atoms with Crippen molar-refractivity contribution in [2.45, 2.75) is 0 Å². The first kappa shape index (κ1) is 12.2. The van der Waals surface area contributed by atoms with E-state index in [2.05, 4.69) is 0 Å². The zero-order chi connectivity index (χ0) is 13.1. The average molecular weight is 248 g/mol. The molecule has 0 fully saturated rings. The fourth-order valence-corrected chi connectivity index (χ4v) is 1.75. The van der Waals surface area contributed by atoms with E-state index in [1.165, 1.54) is 25.3 Å². The molecular weight excluding hydrogens is 238 g/mol. The summed E-state index contributed by atoms with van der Waals surface area (Å²) in [4.78, 5) is 11.0. The second-order valence-electron chi connectivity index (χ2n) is 3.67. The van der Waals surface area contributed by atoms with Gasteiger partial charge in [-0.25, -0.2) is 8.78 Å². The minimum Gasteiger partial charge on any atom is -0.497 e. The third-order valence-electron chi connectivity index (χ3n) is 2.62. The summed E-state index contributed by atoms with van der Waals surface area (Å²) in [5, 5.41) is 0. The number of aldehydes is 1. The van der Waals surface area contributed by atoms with E-state index < -0.39 is 11.6 Å². The molecule has 18 heavy (non-hydrogen) atoms. The summed E-state index contributed by atoms with van der Waals surface area (Å²) in [6, 6.07) is 8.03. The van der Waals surface area contributed by atoms with Crippen molar-refractivity contribution >= 4 is 6.29 Å². The van der Waals surface area contributed by atoms with Gasteiger partial charge in [0.05, 0.1) is 12.7 Å². The normalized spacial score (nSPS) is 10.2. The second kappa shape index (κ2) is 4.96. The first-order chi connectivity index (χ1) is 8.67. The molecule has 0 aromatic heterocycles. The van der Waals surface area contributed by atoms with Gasteiger partial charge in [0, 0.05) is 5.56 Å². The molecule has 2 nitrogen and oxygen atoms in total. The van der Waals surface area contributed by atoms with E-state index in [0.717, 1.165) is 12.1 Å². The molecule has 0 atom stereocenters. The van der Waals surface area contributed by atoms with Gasteiger partial charge in [-0.05, 0) is 35.9 Å². The third-order valence-corrected chi connectivity index (χ3v) is 2.62. The van der Waals surface area contributed by atoms with Crippen LogP contribution in [0.1, 0.15) is 10.4 Å². The monoisotopic (exact) mass is 248 g/mol. The van der Waals surface area contributed by atoms with Crippen molar-refractivity contribution < 1.29 is 18.3 Å². The number of carbonyl (C=O) groups is 1. The van der Waals surface area contributed by atoms with Crippen molar-refractivity contribution in [1.82, 2.24) is 0 Å². The first-order valence-corrected chi connectivity index (χ1v) is 5.25. The van der Waals surface area contributed by atoms with Crippen molar-refractivity contribution in [2.75, 3.05) is 7.11 Å². The van der Waals surface area contributed by atoms with Gasteiger partial charge < -0.3 is 4.74 Å². The van der Waals surface area contributed by atoms with Crippen LogP contribution in [0.25, 0.3) is 11.1 Å². The van der Waals surface area contributed by atoms with E-state index in [9.17, 15) is 13.6 Å². The summed E-state index contributed by atoms with van der Waals surface area (Å²) in [7, 11) is 1.45. The fourth-order valence-electron chi connectivity index (χ4n) is 1.75. The smallest absolute Gasteiger partial charge is 0.150 e. The van der Waals surface area contributed by atoms with E-state index >= 15 is 0 Å². The summed E-state index contributed by atoms with van der Waals surface area (Å²) in [6.07, 6.45) is 0.545. The minimum absolute atomic E-state index is 0.179. The number of methoxy groups -OCH3 is 1. The molecular formula is C14H10F2O2. The Morgan fingerprint density at radius 1 is 1.11 bits per heavy atom. The lowest BCUT2D eigenvalue weighted by Crippen LogP contribution is -1.95. The molecule has 0 heterocycles. The molecule has 0 saturated carbocycles. The Hall–Kier alpha value is -2.23. The Bertz CT molecular complexity index is 574. The van der Waals surface area contributed by atoms with Crippen LogP contribution in [0.15, 0.2) is 36.4 Å². The SMILES string of the molecule is COc1ccc(-c2c(F)cccc2F)c(C=O)c1. The van der Waals surface area contributed by atoms with Gasteiger partial charge in [-0.3, -0.25) is 4.79 Å². The number of ether oxygens (including phenoxy) is 1. The Kier molecular flexibility index (Phi) is 3.37. The molecule has 0 aliphatic carbocycles. The number of carbonyl (C=O) groups excluding carboxylic acids is 1. The molecule has 0 aliphatic heterocycles.